The number of pyridine rings is 1. The van der Waals surface area contributed by atoms with Gasteiger partial charge in [0.1, 0.15) is 0 Å². The molecule has 1 aliphatic rings. The first-order valence-corrected chi connectivity index (χ1v) is 6.86. The van der Waals surface area contributed by atoms with Crippen molar-refractivity contribution < 1.29 is 19.0 Å². The Kier molecular flexibility index (Phi) is 4.05. The van der Waals surface area contributed by atoms with Gasteiger partial charge in [-0.15, -0.1) is 0 Å². The van der Waals surface area contributed by atoms with E-state index in [1.165, 1.54) is 0 Å². The van der Waals surface area contributed by atoms with Gasteiger partial charge in [-0.25, -0.2) is 9.79 Å². The maximum absolute atomic E-state index is 12.0. The molecule has 0 radical (unpaired) electrons. The Labute approximate surface area is 133 Å². The molecular weight excluding hydrogens is 296 g/mol. The van der Waals surface area contributed by atoms with Gasteiger partial charge in [-0.2, -0.15) is 0 Å². The molecule has 6 nitrogen and oxygen atoms in total. The largest absolute Gasteiger partial charge is 0.493 e. The predicted molar refractivity (Wildman–Crippen MR) is 84.4 cm³/mol. The van der Waals surface area contributed by atoms with Gasteiger partial charge in [0.25, 0.3) is 0 Å². The molecule has 0 bridgehead atoms. The van der Waals surface area contributed by atoms with E-state index >= 15 is 0 Å². The topological polar surface area (TPSA) is 70.0 Å². The van der Waals surface area contributed by atoms with Crippen LogP contribution in [0.15, 0.2) is 53.4 Å². The second kappa shape index (κ2) is 6.31. The lowest BCUT2D eigenvalue weighted by Gasteiger charge is -2.08. The third-order valence-corrected chi connectivity index (χ3v) is 3.26. The number of hydrogen-bond acceptors (Lipinski definition) is 6. The van der Waals surface area contributed by atoms with Gasteiger partial charge in [0.15, 0.2) is 17.2 Å². The van der Waals surface area contributed by atoms with Crippen LogP contribution in [0.3, 0.4) is 0 Å². The van der Waals surface area contributed by atoms with E-state index in [2.05, 4.69) is 9.98 Å². The predicted octanol–water partition coefficient (Wildman–Crippen LogP) is 2.44. The lowest BCUT2D eigenvalue weighted by molar-refractivity contribution is -0.129. The molecule has 0 saturated carbocycles. The Morgan fingerprint density at radius 2 is 1.78 bits per heavy atom. The second-order valence-electron chi connectivity index (χ2n) is 4.69. The summed E-state index contributed by atoms with van der Waals surface area (Å²) < 4.78 is 15.7. The maximum Gasteiger partial charge on any atom is 0.363 e. The molecular formula is C17H14N2O4. The summed E-state index contributed by atoms with van der Waals surface area (Å²) in [6.07, 6.45) is 4.94. The van der Waals surface area contributed by atoms with Crippen LogP contribution >= 0.6 is 0 Å². The number of cyclic esters (lactones) is 1. The van der Waals surface area contributed by atoms with E-state index < -0.39 is 5.97 Å². The first-order valence-electron chi connectivity index (χ1n) is 6.86. The number of ether oxygens (including phenoxy) is 3. The Hall–Kier alpha value is -3.15. The zero-order valence-corrected chi connectivity index (χ0v) is 12.6. The van der Waals surface area contributed by atoms with Crippen molar-refractivity contribution in [3.63, 3.8) is 0 Å². The minimum Gasteiger partial charge on any atom is -0.493 e. The van der Waals surface area contributed by atoms with Crippen molar-refractivity contribution in [3.05, 3.63) is 59.5 Å². The van der Waals surface area contributed by atoms with E-state index in [-0.39, 0.29) is 11.6 Å². The molecule has 0 N–H and O–H groups in total. The smallest absolute Gasteiger partial charge is 0.363 e. The Morgan fingerprint density at radius 1 is 1.04 bits per heavy atom. The average Bonchev–Trinajstić information content (AvgIpc) is 2.96. The molecule has 1 aromatic heterocycles. The highest BCUT2D eigenvalue weighted by atomic mass is 16.6. The molecule has 2 aromatic rings. The van der Waals surface area contributed by atoms with Crippen molar-refractivity contribution >= 4 is 17.9 Å². The van der Waals surface area contributed by atoms with E-state index in [1.54, 1.807) is 63.0 Å². The van der Waals surface area contributed by atoms with E-state index in [4.69, 9.17) is 14.2 Å². The fourth-order valence-electron chi connectivity index (χ4n) is 2.12. The third-order valence-electron chi connectivity index (χ3n) is 3.26. The van der Waals surface area contributed by atoms with Gasteiger partial charge in [-0.3, -0.25) is 4.98 Å². The summed E-state index contributed by atoms with van der Waals surface area (Å²) >= 11 is 0. The molecule has 0 aliphatic carbocycles. The van der Waals surface area contributed by atoms with Crippen LogP contribution in [0.5, 0.6) is 11.5 Å². The number of rotatable bonds is 4. The number of nitrogens with zero attached hydrogens (tertiary/aromatic N) is 2. The monoisotopic (exact) mass is 310 g/mol. The molecule has 3 rings (SSSR count). The highest BCUT2D eigenvalue weighted by Crippen LogP contribution is 2.29. The van der Waals surface area contributed by atoms with Crippen molar-refractivity contribution in [1.29, 1.82) is 0 Å². The molecule has 0 fully saturated rings. The molecule has 0 unspecified atom stereocenters. The van der Waals surface area contributed by atoms with Crippen LogP contribution in [0.2, 0.25) is 0 Å². The zero-order chi connectivity index (χ0) is 16.2. The molecule has 1 aliphatic heterocycles. The third kappa shape index (κ3) is 3.06. The number of methoxy groups -OCH3 is 2. The van der Waals surface area contributed by atoms with Gasteiger partial charge >= 0.3 is 5.97 Å². The van der Waals surface area contributed by atoms with Crippen molar-refractivity contribution in [3.8, 4) is 11.5 Å². The van der Waals surface area contributed by atoms with Gasteiger partial charge in [0, 0.05) is 18.0 Å². The number of carbonyl (C=O) groups is 1. The molecule has 6 heteroatoms. The molecule has 0 atom stereocenters. The van der Waals surface area contributed by atoms with Crippen molar-refractivity contribution in [2.45, 2.75) is 0 Å². The van der Waals surface area contributed by atoms with Gasteiger partial charge < -0.3 is 14.2 Å². The van der Waals surface area contributed by atoms with Crippen LogP contribution in [-0.2, 0) is 9.53 Å². The number of hydrogen-bond donors (Lipinski definition) is 0. The Balaban J connectivity index is 1.94. The lowest BCUT2D eigenvalue weighted by Crippen LogP contribution is -2.05. The zero-order valence-electron chi connectivity index (χ0n) is 12.6. The summed E-state index contributed by atoms with van der Waals surface area (Å²) in [5.41, 5.74) is 1.69. The minimum atomic E-state index is -0.494. The number of carbonyl (C=O) groups excluding carboxylic acids is 1. The quantitative estimate of drug-likeness (QED) is 0.641. The average molecular weight is 310 g/mol. The van der Waals surface area contributed by atoms with Crippen molar-refractivity contribution in [2.24, 2.45) is 4.99 Å². The summed E-state index contributed by atoms with van der Waals surface area (Å²) in [4.78, 5) is 20.1. The van der Waals surface area contributed by atoms with E-state index in [0.29, 0.717) is 17.1 Å². The Morgan fingerprint density at radius 3 is 2.48 bits per heavy atom. The summed E-state index contributed by atoms with van der Waals surface area (Å²) in [5.74, 6) is 0.867. The highest BCUT2D eigenvalue weighted by Gasteiger charge is 2.24. The molecule has 116 valence electrons. The lowest BCUT2D eigenvalue weighted by atomic mass is 10.2. The normalized spacial score (nSPS) is 15.3. The SMILES string of the molecule is COc1ccc(C2=N/C(=C/c3ccncc3)C(=O)O2)cc1OC. The molecule has 2 heterocycles. The van der Waals surface area contributed by atoms with E-state index in [1.807, 2.05) is 0 Å². The van der Waals surface area contributed by atoms with Crippen LogP contribution in [0.1, 0.15) is 11.1 Å². The van der Waals surface area contributed by atoms with Crippen LogP contribution in [0, 0.1) is 0 Å². The van der Waals surface area contributed by atoms with Crippen LogP contribution in [-0.4, -0.2) is 31.1 Å². The van der Waals surface area contributed by atoms with E-state index in [0.717, 1.165) is 5.56 Å². The van der Waals surface area contributed by atoms with E-state index in [9.17, 15) is 4.79 Å². The number of esters is 1. The van der Waals surface area contributed by atoms with Crippen LogP contribution < -0.4 is 9.47 Å². The molecule has 23 heavy (non-hydrogen) atoms. The standard InChI is InChI=1S/C17H14N2O4/c1-21-14-4-3-12(10-15(14)22-2)16-19-13(17(20)23-16)9-11-5-7-18-8-6-11/h3-10H,1-2H3/b13-9+. The maximum atomic E-state index is 12.0. The molecule has 0 amide bonds. The second-order valence-corrected chi connectivity index (χ2v) is 4.69. The van der Waals surface area contributed by atoms with Gasteiger partial charge in [-0.05, 0) is 42.0 Å². The fourth-order valence-corrected chi connectivity index (χ4v) is 2.12. The van der Waals surface area contributed by atoms with Gasteiger partial charge in [0.2, 0.25) is 5.90 Å². The summed E-state index contributed by atoms with van der Waals surface area (Å²) in [6, 6.07) is 8.76. The number of benzene rings is 1. The first-order chi connectivity index (χ1) is 11.2. The number of aromatic nitrogens is 1. The fraction of sp³-hybridized carbons (Fsp3) is 0.118. The molecule has 0 spiro atoms. The Bertz CT molecular complexity index is 797. The molecule has 1 aromatic carbocycles. The molecule has 0 saturated heterocycles. The van der Waals surface area contributed by atoms with Gasteiger partial charge in [0.05, 0.1) is 14.2 Å². The summed E-state index contributed by atoms with van der Waals surface area (Å²) in [6.45, 7) is 0. The highest BCUT2D eigenvalue weighted by molar-refractivity contribution is 6.13. The first kappa shape index (κ1) is 14.8. The van der Waals surface area contributed by atoms with Gasteiger partial charge in [-0.1, -0.05) is 0 Å². The van der Waals surface area contributed by atoms with Crippen molar-refractivity contribution in [1.82, 2.24) is 4.98 Å². The van der Waals surface area contributed by atoms with Crippen molar-refractivity contribution in [2.75, 3.05) is 14.2 Å². The van der Waals surface area contributed by atoms with Crippen LogP contribution in [0.4, 0.5) is 0 Å². The summed E-state index contributed by atoms with van der Waals surface area (Å²) in [7, 11) is 3.10. The minimum absolute atomic E-state index is 0.233. The summed E-state index contributed by atoms with van der Waals surface area (Å²) in [5, 5.41) is 0. The van der Waals surface area contributed by atoms with Crippen LogP contribution in [0.25, 0.3) is 6.08 Å². The number of aliphatic imine (C=N–C) groups is 1.